The van der Waals surface area contributed by atoms with Crippen LogP contribution in [0.3, 0.4) is 0 Å². The lowest BCUT2D eigenvalue weighted by atomic mass is 10.1. The summed E-state index contributed by atoms with van der Waals surface area (Å²) in [6, 6.07) is 0. The maximum Gasteiger partial charge on any atom is 0.306 e. The fourth-order valence-electron chi connectivity index (χ4n) is 2.76. The van der Waals surface area contributed by atoms with Crippen LogP contribution in [-0.4, -0.2) is 33.6 Å². The Bertz CT molecular complexity index is 497. The molecule has 0 saturated heterocycles. The Morgan fingerprint density at radius 1 is 1.40 bits per heavy atom. The van der Waals surface area contributed by atoms with Crippen molar-refractivity contribution < 1.29 is 9.53 Å². The van der Waals surface area contributed by atoms with Gasteiger partial charge in [-0.15, -0.1) is 10.2 Å². The minimum Gasteiger partial charge on any atom is -0.469 e. The number of aromatic nitrogens is 3. The van der Waals surface area contributed by atoms with Gasteiger partial charge in [-0.2, -0.15) is 11.8 Å². The van der Waals surface area contributed by atoms with Gasteiger partial charge in [-0.3, -0.25) is 4.79 Å². The Labute approximate surface area is 123 Å². The molecule has 1 aromatic rings. The second kappa shape index (κ2) is 5.76. The lowest BCUT2D eigenvalue weighted by Gasteiger charge is -2.16. The molecule has 0 aromatic carbocycles. The van der Waals surface area contributed by atoms with E-state index in [9.17, 15) is 4.79 Å². The molecule has 0 radical (unpaired) electrons. The number of hydrogen-bond acceptors (Lipinski definition) is 5. The highest BCUT2D eigenvalue weighted by atomic mass is 32.2. The van der Waals surface area contributed by atoms with Gasteiger partial charge in [0.1, 0.15) is 11.6 Å². The standard InChI is InChI=1S/C14H21N3O2S/c1-19-13(18)8-14(5-6-14)10-20-9-12-16-15-11-4-2-3-7-17(11)12/h2-10H2,1H3. The minimum absolute atomic E-state index is 0.0806. The SMILES string of the molecule is COC(=O)CC1(CSCc2nnc3n2CCCC3)CC1. The third-order valence-corrected chi connectivity index (χ3v) is 5.56. The molecule has 3 rings (SSSR count). The fourth-order valence-corrected chi connectivity index (χ4v) is 4.08. The maximum atomic E-state index is 11.4. The number of carbonyl (C=O) groups is 1. The van der Waals surface area contributed by atoms with E-state index in [0.29, 0.717) is 6.42 Å². The van der Waals surface area contributed by atoms with Crippen LogP contribution in [0.4, 0.5) is 0 Å². The van der Waals surface area contributed by atoms with Crippen molar-refractivity contribution in [3.63, 3.8) is 0 Å². The summed E-state index contributed by atoms with van der Waals surface area (Å²) in [5.74, 6) is 4.07. The van der Waals surface area contributed by atoms with Crippen LogP contribution in [0.15, 0.2) is 0 Å². The van der Waals surface area contributed by atoms with Crippen molar-refractivity contribution >= 4 is 17.7 Å². The summed E-state index contributed by atoms with van der Waals surface area (Å²) < 4.78 is 7.05. The normalized spacial score (nSPS) is 19.4. The molecule has 1 saturated carbocycles. The Morgan fingerprint density at radius 3 is 3.00 bits per heavy atom. The van der Waals surface area contributed by atoms with Crippen molar-refractivity contribution in [1.82, 2.24) is 14.8 Å². The van der Waals surface area contributed by atoms with Gasteiger partial charge in [0.15, 0.2) is 0 Å². The smallest absolute Gasteiger partial charge is 0.306 e. The van der Waals surface area contributed by atoms with Crippen LogP contribution in [0.5, 0.6) is 0 Å². The fraction of sp³-hybridized carbons (Fsp3) is 0.786. The summed E-state index contributed by atoms with van der Waals surface area (Å²) >= 11 is 1.87. The Hall–Kier alpha value is -1.04. The highest BCUT2D eigenvalue weighted by Crippen LogP contribution is 2.51. The summed E-state index contributed by atoms with van der Waals surface area (Å²) in [7, 11) is 1.47. The first-order valence-electron chi connectivity index (χ1n) is 7.28. The molecule has 6 heteroatoms. The van der Waals surface area contributed by atoms with Gasteiger partial charge in [-0.1, -0.05) is 0 Å². The largest absolute Gasteiger partial charge is 0.469 e. The van der Waals surface area contributed by atoms with Gasteiger partial charge in [0.05, 0.1) is 19.3 Å². The molecular formula is C14H21N3O2S. The molecule has 0 unspecified atom stereocenters. The van der Waals surface area contributed by atoms with Crippen LogP contribution < -0.4 is 0 Å². The number of nitrogens with zero attached hydrogens (tertiary/aromatic N) is 3. The van der Waals surface area contributed by atoms with Crippen LogP contribution in [0.25, 0.3) is 0 Å². The van der Waals surface area contributed by atoms with Gasteiger partial charge < -0.3 is 9.30 Å². The highest BCUT2D eigenvalue weighted by Gasteiger charge is 2.44. The van der Waals surface area contributed by atoms with Gasteiger partial charge in [-0.25, -0.2) is 0 Å². The van der Waals surface area contributed by atoms with E-state index in [0.717, 1.165) is 49.0 Å². The highest BCUT2D eigenvalue weighted by molar-refractivity contribution is 7.98. The summed E-state index contributed by atoms with van der Waals surface area (Å²) in [6.07, 6.45) is 6.38. The van der Waals surface area contributed by atoms with Crippen LogP contribution in [-0.2, 0) is 28.2 Å². The molecule has 5 nitrogen and oxygen atoms in total. The lowest BCUT2D eigenvalue weighted by Crippen LogP contribution is -2.14. The number of methoxy groups -OCH3 is 1. The van der Waals surface area contributed by atoms with Gasteiger partial charge in [0.25, 0.3) is 0 Å². The average Bonchev–Trinajstić information content (AvgIpc) is 3.10. The number of hydrogen-bond donors (Lipinski definition) is 0. The topological polar surface area (TPSA) is 57.0 Å². The molecule has 1 aromatic heterocycles. The first-order valence-corrected chi connectivity index (χ1v) is 8.43. The van der Waals surface area contributed by atoms with Crippen molar-refractivity contribution in [3.8, 4) is 0 Å². The summed E-state index contributed by atoms with van der Waals surface area (Å²) in [4.78, 5) is 11.4. The molecule has 0 amide bonds. The first kappa shape index (κ1) is 13.9. The van der Waals surface area contributed by atoms with Crippen molar-refractivity contribution in [2.75, 3.05) is 12.9 Å². The number of thioether (sulfide) groups is 1. The molecule has 0 atom stereocenters. The van der Waals surface area contributed by atoms with Crippen molar-refractivity contribution in [3.05, 3.63) is 11.6 Å². The van der Waals surface area contributed by atoms with E-state index < -0.39 is 0 Å². The zero-order valence-corrected chi connectivity index (χ0v) is 12.7. The molecule has 1 aliphatic heterocycles. The van der Waals surface area contributed by atoms with E-state index in [1.165, 1.54) is 20.0 Å². The second-order valence-electron chi connectivity index (χ2n) is 5.89. The number of rotatable bonds is 6. The summed E-state index contributed by atoms with van der Waals surface area (Å²) in [5.41, 5.74) is 0.197. The quantitative estimate of drug-likeness (QED) is 0.753. The Morgan fingerprint density at radius 2 is 2.25 bits per heavy atom. The number of esters is 1. The number of fused-ring (bicyclic) bond motifs is 1. The van der Waals surface area contributed by atoms with E-state index in [2.05, 4.69) is 14.8 Å². The summed E-state index contributed by atoms with van der Waals surface area (Å²) in [6.45, 7) is 1.06. The van der Waals surface area contributed by atoms with E-state index in [1.54, 1.807) is 0 Å². The minimum atomic E-state index is -0.0806. The van der Waals surface area contributed by atoms with Gasteiger partial charge in [0.2, 0.25) is 0 Å². The Balaban J connectivity index is 1.51. The number of ether oxygens (including phenoxy) is 1. The van der Waals surface area contributed by atoms with Crippen LogP contribution in [0.1, 0.15) is 43.8 Å². The zero-order valence-electron chi connectivity index (χ0n) is 11.9. The van der Waals surface area contributed by atoms with E-state index in [1.807, 2.05) is 11.8 Å². The van der Waals surface area contributed by atoms with E-state index in [4.69, 9.17) is 4.74 Å². The van der Waals surface area contributed by atoms with Crippen LogP contribution in [0, 0.1) is 5.41 Å². The molecule has 20 heavy (non-hydrogen) atoms. The van der Waals surface area contributed by atoms with Gasteiger partial charge in [0, 0.05) is 13.0 Å². The van der Waals surface area contributed by atoms with E-state index >= 15 is 0 Å². The molecule has 110 valence electrons. The molecule has 2 aliphatic rings. The third kappa shape index (κ3) is 3.00. The monoisotopic (exact) mass is 295 g/mol. The van der Waals surface area contributed by atoms with Crippen LogP contribution >= 0.6 is 11.8 Å². The third-order valence-electron chi connectivity index (χ3n) is 4.28. The van der Waals surface area contributed by atoms with Gasteiger partial charge in [-0.05, 0) is 36.9 Å². The van der Waals surface area contributed by atoms with Crippen molar-refractivity contribution in [2.24, 2.45) is 5.41 Å². The van der Waals surface area contributed by atoms with Crippen molar-refractivity contribution in [1.29, 1.82) is 0 Å². The van der Waals surface area contributed by atoms with E-state index in [-0.39, 0.29) is 11.4 Å². The molecule has 1 aliphatic carbocycles. The molecule has 0 N–H and O–H groups in total. The van der Waals surface area contributed by atoms with Crippen molar-refractivity contribution in [2.45, 2.75) is 50.8 Å². The second-order valence-corrected chi connectivity index (χ2v) is 6.87. The number of aryl methyl sites for hydroxylation is 1. The molecule has 0 bridgehead atoms. The first-order chi connectivity index (χ1) is 9.72. The molecule has 2 heterocycles. The van der Waals surface area contributed by atoms with Gasteiger partial charge >= 0.3 is 5.97 Å². The molecule has 0 spiro atoms. The molecule has 1 fully saturated rings. The zero-order chi connectivity index (χ0) is 14.0. The number of carbonyl (C=O) groups excluding carboxylic acids is 1. The predicted octanol–water partition coefficient (Wildman–Crippen LogP) is 2.19. The average molecular weight is 295 g/mol. The maximum absolute atomic E-state index is 11.4. The predicted molar refractivity (Wildman–Crippen MR) is 77.4 cm³/mol. The Kier molecular flexibility index (Phi) is 4.01. The molecular weight excluding hydrogens is 274 g/mol. The van der Waals surface area contributed by atoms with Crippen LogP contribution in [0.2, 0.25) is 0 Å². The lowest BCUT2D eigenvalue weighted by molar-refractivity contribution is -0.141. The summed E-state index contributed by atoms with van der Waals surface area (Å²) in [5, 5.41) is 8.59.